The van der Waals surface area contributed by atoms with E-state index < -0.39 is 0 Å². The molecule has 2 aliphatic heterocycles. The summed E-state index contributed by atoms with van der Waals surface area (Å²) < 4.78 is 16.4. The van der Waals surface area contributed by atoms with Gasteiger partial charge in [0.05, 0.1) is 20.3 Å². The van der Waals surface area contributed by atoms with Crippen LogP contribution in [0.25, 0.3) is 0 Å². The molecule has 176 valence electrons. The number of carbonyl (C=O) groups excluding carboxylic acids is 2. The molecule has 2 aromatic carbocycles. The fourth-order valence-corrected chi connectivity index (χ4v) is 4.80. The summed E-state index contributed by atoms with van der Waals surface area (Å²) >= 11 is 0. The monoisotopic (exact) mass is 452 g/mol. The number of ether oxygens (including phenoxy) is 3. The van der Waals surface area contributed by atoms with Crippen LogP contribution in [0.4, 0.5) is 0 Å². The van der Waals surface area contributed by atoms with Crippen molar-refractivity contribution in [2.45, 2.75) is 31.7 Å². The molecule has 0 radical (unpaired) electrons. The van der Waals surface area contributed by atoms with Crippen LogP contribution in [0.5, 0.6) is 17.2 Å². The summed E-state index contributed by atoms with van der Waals surface area (Å²) in [6.45, 7) is 1.96. The van der Waals surface area contributed by atoms with E-state index in [0.717, 1.165) is 24.9 Å². The van der Waals surface area contributed by atoms with Crippen LogP contribution in [0.1, 0.15) is 37.3 Å². The van der Waals surface area contributed by atoms with E-state index in [1.54, 1.807) is 14.2 Å². The Morgan fingerprint density at radius 1 is 0.909 bits per heavy atom. The lowest BCUT2D eigenvalue weighted by atomic mass is 9.94. The van der Waals surface area contributed by atoms with E-state index in [1.165, 1.54) is 0 Å². The van der Waals surface area contributed by atoms with Gasteiger partial charge < -0.3 is 24.0 Å². The smallest absolute Gasteiger partial charge is 0.260 e. The predicted octanol–water partition coefficient (Wildman–Crippen LogP) is 3.68. The topological polar surface area (TPSA) is 68.3 Å². The highest BCUT2D eigenvalue weighted by Crippen LogP contribution is 2.38. The summed E-state index contributed by atoms with van der Waals surface area (Å²) in [4.78, 5) is 29.8. The van der Waals surface area contributed by atoms with Gasteiger partial charge in [-0.3, -0.25) is 9.59 Å². The van der Waals surface area contributed by atoms with Crippen LogP contribution in [0, 0.1) is 5.92 Å². The molecular weight excluding hydrogens is 420 g/mol. The van der Waals surface area contributed by atoms with Gasteiger partial charge in [0.2, 0.25) is 5.91 Å². The zero-order valence-corrected chi connectivity index (χ0v) is 19.4. The van der Waals surface area contributed by atoms with Crippen LogP contribution < -0.4 is 14.2 Å². The van der Waals surface area contributed by atoms with Crippen molar-refractivity contribution in [2.75, 3.05) is 40.5 Å². The normalized spacial score (nSPS) is 18.8. The summed E-state index contributed by atoms with van der Waals surface area (Å²) in [5.74, 6) is 2.16. The van der Waals surface area contributed by atoms with Crippen molar-refractivity contribution in [2.24, 2.45) is 5.92 Å². The average molecular weight is 453 g/mol. The van der Waals surface area contributed by atoms with Gasteiger partial charge in [-0.1, -0.05) is 24.3 Å². The van der Waals surface area contributed by atoms with Crippen molar-refractivity contribution in [3.63, 3.8) is 0 Å². The number of hydrogen-bond donors (Lipinski definition) is 0. The van der Waals surface area contributed by atoms with E-state index in [9.17, 15) is 9.59 Å². The maximum absolute atomic E-state index is 13.4. The summed E-state index contributed by atoms with van der Waals surface area (Å²) in [5, 5.41) is 0. The van der Waals surface area contributed by atoms with Gasteiger partial charge in [-0.05, 0) is 55.5 Å². The number of rotatable bonds is 7. The molecule has 0 aromatic heterocycles. The zero-order valence-electron chi connectivity index (χ0n) is 19.4. The minimum Gasteiger partial charge on any atom is -0.493 e. The molecule has 1 atom stereocenters. The molecule has 2 fully saturated rings. The second-order valence-electron chi connectivity index (χ2n) is 8.56. The Labute approximate surface area is 195 Å². The number of likely N-dealkylation sites (tertiary alicyclic amines) is 2. The van der Waals surface area contributed by atoms with Crippen molar-refractivity contribution in [1.29, 1.82) is 0 Å². The van der Waals surface area contributed by atoms with Crippen LogP contribution in [0.15, 0.2) is 48.5 Å². The molecular formula is C26H32N2O5. The Balaban J connectivity index is 1.33. The van der Waals surface area contributed by atoms with Gasteiger partial charge in [0.15, 0.2) is 18.1 Å². The van der Waals surface area contributed by atoms with Gasteiger partial charge in [-0.15, -0.1) is 0 Å². The Hall–Kier alpha value is -3.22. The first-order valence-corrected chi connectivity index (χ1v) is 11.6. The van der Waals surface area contributed by atoms with E-state index in [1.807, 2.05) is 58.3 Å². The molecule has 4 rings (SSSR count). The molecule has 0 spiro atoms. The van der Waals surface area contributed by atoms with Gasteiger partial charge in [0, 0.05) is 25.6 Å². The second-order valence-corrected chi connectivity index (χ2v) is 8.56. The number of methoxy groups -OCH3 is 2. The summed E-state index contributed by atoms with van der Waals surface area (Å²) in [6, 6.07) is 15.3. The lowest BCUT2D eigenvalue weighted by Crippen LogP contribution is -2.45. The number of benzene rings is 2. The highest BCUT2D eigenvalue weighted by molar-refractivity contribution is 5.81. The van der Waals surface area contributed by atoms with Gasteiger partial charge in [0.25, 0.3) is 5.91 Å². The Morgan fingerprint density at radius 2 is 1.64 bits per heavy atom. The van der Waals surface area contributed by atoms with E-state index in [4.69, 9.17) is 14.2 Å². The third kappa shape index (κ3) is 5.24. The molecule has 0 saturated carbocycles. The van der Waals surface area contributed by atoms with Crippen LogP contribution in [0.2, 0.25) is 0 Å². The Bertz CT molecular complexity index is 956. The number of piperidine rings is 1. The van der Waals surface area contributed by atoms with Gasteiger partial charge in [-0.2, -0.15) is 0 Å². The quantitative estimate of drug-likeness (QED) is 0.641. The summed E-state index contributed by atoms with van der Waals surface area (Å²) in [7, 11) is 3.24. The average Bonchev–Trinajstić information content (AvgIpc) is 3.37. The Morgan fingerprint density at radius 3 is 2.33 bits per heavy atom. The van der Waals surface area contributed by atoms with Crippen LogP contribution in [-0.4, -0.2) is 62.1 Å². The largest absolute Gasteiger partial charge is 0.493 e. The van der Waals surface area contributed by atoms with E-state index in [0.29, 0.717) is 43.2 Å². The maximum Gasteiger partial charge on any atom is 0.260 e. The molecule has 2 aromatic rings. The fourth-order valence-electron chi connectivity index (χ4n) is 4.80. The lowest BCUT2D eigenvalue weighted by Gasteiger charge is -2.35. The molecule has 0 aliphatic carbocycles. The summed E-state index contributed by atoms with van der Waals surface area (Å²) in [6.07, 6.45) is 3.30. The molecule has 7 nitrogen and oxygen atoms in total. The first kappa shape index (κ1) is 23.0. The lowest BCUT2D eigenvalue weighted by molar-refractivity contribution is -0.142. The van der Waals surface area contributed by atoms with Crippen molar-refractivity contribution in [3.05, 3.63) is 54.1 Å². The van der Waals surface area contributed by atoms with E-state index in [-0.39, 0.29) is 30.4 Å². The van der Waals surface area contributed by atoms with Crippen molar-refractivity contribution < 1.29 is 23.8 Å². The first-order chi connectivity index (χ1) is 16.1. The fraction of sp³-hybridized carbons (Fsp3) is 0.462. The highest BCUT2D eigenvalue weighted by atomic mass is 16.5. The third-order valence-electron chi connectivity index (χ3n) is 6.63. The van der Waals surface area contributed by atoms with E-state index in [2.05, 4.69) is 0 Å². The highest BCUT2D eigenvalue weighted by Gasteiger charge is 2.36. The molecule has 33 heavy (non-hydrogen) atoms. The zero-order chi connectivity index (χ0) is 23.2. The van der Waals surface area contributed by atoms with Crippen LogP contribution >= 0.6 is 0 Å². The number of hydrogen-bond acceptors (Lipinski definition) is 5. The molecule has 0 N–H and O–H groups in total. The standard InChI is InChI=1S/C26H32N2O5/c1-31-23-11-10-20(17-24(23)32-2)22-9-6-14-28(22)26(30)19-12-15-27(16-13-19)25(29)18-33-21-7-4-3-5-8-21/h3-5,7-8,10-11,17,19,22H,6,9,12-16,18H2,1-2H3. The van der Waals surface area contributed by atoms with Crippen molar-refractivity contribution in [3.8, 4) is 17.2 Å². The van der Waals surface area contributed by atoms with Crippen molar-refractivity contribution in [1.82, 2.24) is 9.80 Å². The minimum absolute atomic E-state index is 0.0239. The molecule has 2 saturated heterocycles. The molecule has 0 bridgehead atoms. The van der Waals surface area contributed by atoms with Gasteiger partial charge in [-0.25, -0.2) is 0 Å². The first-order valence-electron chi connectivity index (χ1n) is 11.6. The van der Waals surface area contributed by atoms with Crippen molar-refractivity contribution >= 4 is 11.8 Å². The molecule has 2 heterocycles. The number of carbonyl (C=O) groups is 2. The summed E-state index contributed by atoms with van der Waals surface area (Å²) in [5.41, 5.74) is 1.07. The maximum atomic E-state index is 13.4. The van der Waals surface area contributed by atoms with Crippen LogP contribution in [-0.2, 0) is 9.59 Å². The SMILES string of the molecule is COc1ccc(C2CCCN2C(=O)C2CCN(C(=O)COc3ccccc3)CC2)cc1OC. The minimum atomic E-state index is -0.0511. The molecule has 7 heteroatoms. The van der Waals surface area contributed by atoms with Gasteiger partial charge >= 0.3 is 0 Å². The molecule has 2 amide bonds. The number of nitrogens with zero attached hydrogens (tertiary/aromatic N) is 2. The Kier molecular flexibility index (Phi) is 7.37. The third-order valence-corrected chi connectivity index (χ3v) is 6.63. The van der Waals surface area contributed by atoms with Crippen LogP contribution in [0.3, 0.4) is 0 Å². The molecule has 1 unspecified atom stereocenters. The predicted molar refractivity (Wildman–Crippen MR) is 124 cm³/mol. The number of para-hydroxylation sites is 1. The van der Waals surface area contributed by atoms with Gasteiger partial charge in [0.1, 0.15) is 5.75 Å². The van der Waals surface area contributed by atoms with E-state index >= 15 is 0 Å². The second kappa shape index (κ2) is 10.6. The number of amides is 2. The molecule has 2 aliphatic rings.